The number of aliphatic hydroxyl groups is 1. The molecule has 0 saturated carbocycles. The molecule has 0 amide bonds. The summed E-state index contributed by atoms with van der Waals surface area (Å²) in [5.74, 6) is 0. The Hall–Kier alpha value is -0.120. The van der Waals surface area contributed by atoms with Crippen molar-refractivity contribution >= 4 is 0 Å². The summed E-state index contributed by atoms with van der Waals surface area (Å²) < 4.78 is 11.1. The second-order valence-corrected chi connectivity index (χ2v) is 4.57. The normalized spacial score (nSPS) is 35.3. The summed E-state index contributed by atoms with van der Waals surface area (Å²) in [5, 5.41) is 9.60. The Morgan fingerprint density at radius 2 is 2.08 bits per heavy atom. The Morgan fingerprint density at radius 1 is 1.46 bits per heavy atom. The van der Waals surface area contributed by atoms with Gasteiger partial charge in [-0.1, -0.05) is 6.92 Å². The predicted octanol–water partition coefficient (Wildman–Crippen LogP) is 1.69. The van der Waals surface area contributed by atoms with Crippen molar-refractivity contribution in [3.05, 3.63) is 0 Å². The van der Waals surface area contributed by atoms with Crippen LogP contribution in [0.5, 0.6) is 0 Å². The molecule has 3 unspecified atom stereocenters. The molecule has 1 aliphatic heterocycles. The van der Waals surface area contributed by atoms with Crippen LogP contribution >= 0.6 is 0 Å². The Bertz CT molecular complexity index is 162. The molecular formula is C10H20O3. The predicted molar refractivity (Wildman–Crippen MR) is 50.4 cm³/mol. The third-order valence-electron chi connectivity index (χ3n) is 2.07. The third-order valence-corrected chi connectivity index (χ3v) is 2.07. The summed E-state index contributed by atoms with van der Waals surface area (Å²) in [5.41, 5.74) is -0.256. The highest BCUT2D eigenvalue weighted by atomic mass is 16.7. The molecule has 0 bridgehead atoms. The SMILES string of the molecule is CCC1CC(O)C(OC(C)(C)C)O1. The zero-order valence-corrected chi connectivity index (χ0v) is 8.91. The lowest BCUT2D eigenvalue weighted by molar-refractivity contribution is -0.212. The van der Waals surface area contributed by atoms with Crippen LogP contribution in [-0.2, 0) is 9.47 Å². The number of aliphatic hydroxyl groups excluding tert-OH is 1. The van der Waals surface area contributed by atoms with Crippen molar-refractivity contribution in [2.24, 2.45) is 0 Å². The van der Waals surface area contributed by atoms with E-state index in [9.17, 15) is 5.11 Å². The number of hydrogen-bond acceptors (Lipinski definition) is 3. The van der Waals surface area contributed by atoms with E-state index in [1.807, 2.05) is 20.8 Å². The third kappa shape index (κ3) is 3.25. The molecule has 0 aromatic carbocycles. The molecule has 3 nitrogen and oxygen atoms in total. The molecule has 1 heterocycles. The quantitative estimate of drug-likeness (QED) is 0.716. The van der Waals surface area contributed by atoms with Crippen LogP contribution in [-0.4, -0.2) is 29.2 Å². The molecule has 3 heteroatoms. The van der Waals surface area contributed by atoms with Gasteiger partial charge in [0.2, 0.25) is 0 Å². The highest BCUT2D eigenvalue weighted by molar-refractivity contribution is 4.77. The lowest BCUT2D eigenvalue weighted by Gasteiger charge is -2.26. The van der Waals surface area contributed by atoms with Crippen LogP contribution in [0.3, 0.4) is 0 Å². The number of rotatable bonds is 2. The molecule has 3 atom stereocenters. The standard InChI is InChI=1S/C10H20O3/c1-5-7-6-8(11)9(12-7)13-10(2,3)4/h7-9,11H,5-6H2,1-4H3. The Balaban J connectivity index is 2.44. The maximum Gasteiger partial charge on any atom is 0.184 e. The number of hydrogen-bond donors (Lipinski definition) is 1. The van der Waals surface area contributed by atoms with E-state index in [1.165, 1.54) is 0 Å². The van der Waals surface area contributed by atoms with Gasteiger partial charge in [-0.05, 0) is 27.2 Å². The largest absolute Gasteiger partial charge is 0.388 e. The van der Waals surface area contributed by atoms with Gasteiger partial charge in [-0.3, -0.25) is 0 Å². The van der Waals surface area contributed by atoms with Gasteiger partial charge in [0.05, 0.1) is 11.7 Å². The van der Waals surface area contributed by atoms with E-state index in [4.69, 9.17) is 9.47 Å². The highest BCUT2D eigenvalue weighted by Gasteiger charge is 2.35. The second-order valence-electron chi connectivity index (χ2n) is 4.57. The summed E-state index contributed by atoms with van der Waals surface area (Å²) in [4.78, 5) is 0. The molecule has 1 saturated heterocycles. The fourth-order valence-corrected chi connectivity index (χ4v) is 1.43. The minimum absolute atomic E-state index is 0.155. The topological polar surface area (TPSA) is 38.7 Å². The summed E-state index contributed by atoms with van der Waals surface area (Å²) in [6, 6.07) is 0. The summed E-state index contributed by atoms with van der Waals surface area (Å²) in [6.45, 7) is 7.93. The number of ether oxygens (including phenoxy) is 2. The molecule has 0 spiro atoms. The zero-order chi connectivity index (χ0) is 10.1. The molecule has 1 fully saturated rings. The van der Waals surface area contributed by atoms with E-state index in [0.29, 0.717) is 6.42 Å². The molecule has 78 valence electrons. The van der Waals surface area contributed by atoms with Crippen LogP contribution in [0, 0.1) is 0 Å². The van der Waals surface area contributed by atoms with Gasteiger partial charge in [0, 0.05) is 6.42 Å². The Labute approximate surface area is 80.0 Å². The van der Waals surface area contributed by atoms with Gasteiger partial charge < -0.3 is 14.6 Å². The van der Waals surface area contributed by atoms with Crippen molar-refractivity contribution in [3.8, 4) is 0 Å². The van der Waals surface area contributed by atoms with Crippen molar-refractivity contribution in [2.45, 2.75) is 64.6 Å². The Morgan fingerprint density at radius 3 is 2.46 bits per heavy atom. The van der Waals surface area contributed by atoms with E-state index in [1.54, 1.807) is 0 Å². The minimum Gasteiger partial charge on any atom is -0.388 e. The zero-order valence-electron chi connectivity index (χ0n) is 8.91. The second kappa shape index (κ2) is 3.95. The fraction of sp³-hybridized carbons (Fsp3) is 1.00. The van der Waals surface area contributed by atoms with Crippen molar-refractivity contribution in [1.82, 2.24) is 0 Å². The van der Waals surface area contributed by atoms with Gasteiger partial charge in [-0.15, -0.1) is 0 Å². The molecule has 13 heavy (non-hydrogen) atoms. The molecule has 0 aromatic heterocycles. The van der Waals surface area contributed by atoms with Crippen LogP contribution in [0.2, 0.25) is 0 Å². The van der Waals surface area contributed by atoms with Crippen LogP contribution in [0.1, 0.15) is 40.5 Å². The van der Waals surface area contributed by atoms with E-state index < -0.39 is 12.4 Å². The fourth-order valence-electron chi connectivity index (χ4n) is 1.43. The maximum absolute atomic E-state index is 9.60. The molecule has 0 aromatic rings. The lowest BCUT2D eigenvalue weighted by Crippen LogP contribution is -2.33. The van der Waals surface area contributed by atoms with Crippen molar-refractivity contribution < 1.29 is 14.6 Å². The first kappa shape index (κ1) is 11.0. The van der Waals surface area contributed by atoms with Crippen LogP contribution in [0.15, 0.2) is 0 Å². The molecule has 0 aliphatic carbocycles. The molecule has 0 radical (unpaired) electrons. The van der Waals surface area contributed by atoms with Crippen LogP contribution in [0.25, 0.3) is 0 Å². The van der Waals surface area contributed by atoms with Gasteiger partial charge in [0.1, 0.15) is 6.10 Å². The van der Waals surface area contributed by atoms with Gasteiger partial charge in [-0.2, -0.15) is 0 Å². The van der Waals surface area contributed by atoms with Crippen LogP contribution in [0.4, 0.5) is 0 Å². The summed E-state index contributed by atoms with van der Waals surface area (Å²) in [6.07, 6.45) is 0.870. The monoisotopic (exact) mass is 188 g/mol. The van der Waals surface area contributed by atoms with Gasteiger partial charge in [0.15, 0.2) is 6.29 Å². The van der Waals surface area contributed by atoms with E-state index in [0.717, 1.165) is 6.42 Å². The van der Waals surface area contributed by atoms with Crippen molar-refractivity contribution in [1.29, 1.82) is 0 Å². The minimum atomic E-state index is -0.468. The highest BCUT2D eigenvalue weighted by Crippen LogP contribution is 2.26. The van der Waals surface area contributed by atoms with E-state index in [-0.39, 0.29) is 11.7 Å². The average Bonchev–Trinajstić information content (AvgIpc) is 2.29. The van der Waals surface area contributed by atoms with Crippen LogP contribution < -0.4 is 0 Å². The summed E-state index contributed by atoms with van der Waals surface area (Å²) >= 11 is 0. The first-order valence-corrected chi connectivity index (χ1v) is 4.93. The van der Waals surface area contributed by atoms with Crippen molar-refractivity contribution in [3.63, 3.8) is 0 Å². The molecule has 1 rings (SSSR count). The van der Waals surface area contributed by atoms with Gasteiger partial charge in [-0.25, -0.2) is 0 Å². The van der Waals surface area contributed by atoms with Crippen molar-refractivity contribution in [2.75, 3.05) is 0 Å². The maximum atomic E-state index is 9.60. The lowest BCUT2D eigenvalue weighted by atomic mass is 10.1. The molecular weight excluding hydrogens is 168 g/mol. The van der Waals surface area contributed by atoms with E-state index >= 15 is 0 Å². The smallest absolute Gasteiger partial charge is 0.184 e. The molecule has 1 aliphatic rings. The molecule has 1 N–H and O–H groups in total. The van der Waals surface area contributed by atoms with Gasteiger partial charge >= 0.3 is 0 Å². The average molecular weight is 188 g/mol. The summed E-state index contributed by atoms with van der Waals surface area (Å²) in [7, 11) is 0. The first-order valence-electron chi connectivity index (χ1n) is 4.93. The Kier molecular flexibility index (Phi) is 3.33. The van der Waals surface area contributed by atoms with Gasteiger partial charge in [0.25, 0.3) is 0 Å². The first-order chi connectivity index (χ1) is 5.92. The van der Waals surface area contributed by atoms with E-state index in [2.05, 4.69) is 6.92 Å².